The predicted molar refractivity (Wildman–Crippen MR) is 56.6 cm³/mol. The van der Waals surface area contributed by atoms with Crippen molar-refractivity contribution in [2.24, 2.45) is 0 Å². The smallest absolute Gasteiger partial charge is 0.289 e. The molecule has 0 amide bonds. The Morgan fingerprint density at radius 2 is 1.82 bits per heavy atom. The minimum atomic E-state index is -2.24. The lowest BCUT2D eigenvalue weighted by Gasteiger charge is -2.32. The van der Waals surface area contributed by atoms with Gasteiger partial charge in [-0.15, -0.1) is 0 Å². The van der Waals surface area contributed by atoms with E-state index in [9.17, 15) is 15.0 Å². The van der Waals surface area contributed by atoms with E-state index in [-0.39, 0.29) is 6.42 Å². The van der Waals surface area contributed by atoms with Crippen molar-refractivity contribution < 1.29 is 24.5 Å². The molecule has 1 saturated heterocycles. The maximum Gasteiger partial charge on any atom is 0.289 e. The van der Waals surface area contributed by atoms with E-state index in [0.29, 0.717) is 12.8 Å². The second kappa shape index (κ2) is 3.38. The number of carbonyl (C=O) groups is 1. The van der Waals surface area contributed by atoms with Crippen molar-refractivity contribution in [3.63, 3.8) is 0 Å². The second-order valence-electron chi connectivity index (χ2n) is 5.05. The molecule has 0 radical (unpaired) electrons. The summed E-state index contributed by atoms with van der Waals surface area (Å²) < 4.78 is 11.0. The predicted octanol–water partition coefficient (Wildman–Crippen LogP) is 0.600. The second-order valence-corrected chi connectivity index (χ2v) is 5.05. The molecule has 2 fully saturated rings. The zero-order chi connectivity index (χ0) is 12.1. The third-order valence-electron chi connectivity index (χ3n) is 3.80. The molecular weight excluding hydrogens is 224 g/mol. The van der Waals surface area contributed by atoms with E-state index in [4.69, 9.17) is 9.47 Å². The zero-order valence-corrected chi connectivity index (χ0v) is 9.52. The van der Waals surface area contributed by atoms with Crippen molar-refractivity contribution in [2.45, 2.75) is 55.9 Å². The van der Waals surface area contributed by atoms with Gasteiger partial charge in [0.1, 0.15) is 0 Å². The molecule has 0 aromatic carbocycles. The molecular formula is C12H16O5. The Bertz CT molecular complexity index is 384. The molecule has 5 nitrogen and oxygen atoms in total. The molecule has 5 heteroatoms. The van der Waals surface area contributed by atoms with Gasteiger partial charge in [0, 0.05) is 19.3 Å². The van der Waals surface area contributed by atoms with Crippen LogP contribution in [-0.2, 0) is 14.3 Å². The molecule has 1 saturated carbocycles. The maximum atomic E-state index is 11.8. The molecule has 3 rings (SSSR count). The summed E-state index contributed by atoms with van der Waals surface area (Å²) in [6, 6.07) is 0. The minimum Gasteiger partial charge on any atom is -0.358 e. The topological polar surface area (TPSA) is 76.0 Å². The van der Waals surface area contributed by atoms with Crippen LogP contribution in [0, 0.1) is 0 Å². The van der Waals surface area contributed by atoms with Gasteiger partial charge in [-0.3, -0.25) is 4.79 Å². The summed E-state index contributed by atoms with van der Waals surface area (Å²) in [4.78, 5) is 11.8. The van der Waals surface area contributed by atoms with E-state index in [0.717, 1.165) is 19.3 Å². The van der Waals surface area contributed by atoms with Crippen LogP contribution in [0.1, 0.15) is 38.5 Å². The molecule has 94 valence electrons. The van der Waals surface area contributed by atoms with Gasteiger partial charge >= 0.3 is 0 Å². The fraction of sp³-hybridized carbons (Fsp3) is 0.750. The Morgan fingerprint density at radius 1 is 1.12 bits per heavy atom. The van der Waals surface area contributed by atoms with Crippen LogP contribution >= 0.6 is 0 Å². The summed E-state index contributed by atoms with van der Waals surface area (Å²) in [5.74, 6) is -5.82. The quantitative estimate of drug-likeness (QED) is 0.606. The average molecular weight is 240 g/mol. The van der Waals surface area contributed by atoms with Gasteiger partial charge in [0.2, 0.25) is 5.78 Å². The Morgan fingerprint density at radius 3 is 2.47 bits per heavy atom. The lowest BCUT2D eigenvalue weighted by molar-refractivity contribution is -0.257. The van der Waals surface area contributed by atoms with Crippen LogP contribution in [0.15, 0.2) is 12.2 Å². The largest absolute Gasteiger partial charge is 0.358 e. The highest BCUT2D eigenvalue weighted by atomic mass is 16.9. The number of allylic oxidation sites excluding steroid dienone is 1. The van der Waals surface area contributed by atoms with Crippen LogP contribution in [0.4, 0.5) is 0 Å². The number of carbonyl (C=O) groups excluding carboxylic acids is 1. The van der Waals surface area contributed by atoms with Crippen molar-refractivity contribution >= 4 is 5.78 Å². The van der Waals surface area contributed by atoms with Crippen LogP contribution in [0.25, 0.3) is 0 Å². The monoisotopic (exact) mass is 240 g/mol. The van der Waals surface area contributed by atoms with Gasteiger partial charge in [0.25, 0.3) is 11.6 Å². The standard InChI is InChI=1S/C12H16O5/c13-9-5-4-8-11(14)12(9,15)17-10(16-11)6-2-1-3-7-10/h4,8,14-15H,1-3,5-7H2. The van der Waals surface area contributed by atoms with E-state index in [1.165, 1.54) is 12.2 Å². The Hall–Kier alpha value is -0.750. The summed E-state index contributed by atoms with van der Waals surface area (Å²) in [6.45, 7) is 0. The van der Waals surface area contributed by atoms with E-state index in [1.54, 1.807) is 0 Å². The Kier molecular flexibility index (Phi) is 2.26. The molecule has 0 aromatic rings. The summed E-state index contributed by atoms with van der Waals surface area (Å²) >= 11 is 0. The van der Waals surface area contributed by atoms with Crippen LogP contribution in [-0.4, -0.2) is 33.4 Å². The Labute approximate surface area is 99.0 Å². The van der Waals surface area contributed by atoms with Gasteiger partial charge in [0.15, 0.2) is 5.79 Å². The maximum absolute atomic E-state index is 11.8. The van der Waals surface area contributed by atoms with E-state index in [2.05, 4.69) is 0 Å². The van der Waals surface area contributed by atoms with Crippen molar-refractivity contribution in [3.8, 4) is 0 Å². The van der Waals surface area contributed by atoms with Gasteiger partial charge in [-0.05, 0) is 18.9 Å². The number of Topliss-reactive ketones (excluding diaryl/α,β-unsaturated/α-hetero) is 1. The van der Waals surface area contributed by atoms with Crippen molar-refractivity contribution in [1.82, 2.24) is 0 Å². The van der Waals surface area contributed by atoms with Crippen LogP contribution in [0.5, 0.6) is 0 Å². The van der Waals surface area contributed by atoms with E-state index in [1.807, 2.05) is 0 Å². The molecule has 2 aliphatic carbocycles. The molecule has 0 aromatic heterocycles. The summed E-state index contributed by atoms with van der Waals surface area (Å²) in [5.41, 5.74) is 0. The highest BCUT2D eigenvalue weighted by molar-refractivity contribution is 5.90. The number of ketones is 1. The number of hydrogen-bond acceptors (Lipinski definition) is 5. The number of fused-ring (bicyclic) bond motifs is 1. The van der Waals surface area contributed by atoms with Crippen LogP contribution in [0.2, 0.25) is 0 Å². The van der Waals surface area contributed by atoms with Crippen molar-refractivity contribution in [3.05, 3.63) is 12.2 Å². The third kappa shape index (κ3) is 1.43. The molecule has 2 unspecified atom stereocenters. The minimum absolute atomic E-state index is 0.0538. The number of hydrogen-bond donors (Lipinski definition) is 2. The van der Waals surface area contributed by atoms with Gasteiger partial charge in [-0.25, -0.2) is 0 Å². The highest BCUT2D eigenvalue weighted by Crippen LogP contribution is 2.50. The van der Waals surface area contributed by atoms with Crippen LogP contribution in [0.3, 0.4) is 0 Å². The SMILES string of the molecule is O=C1CC=CC2(O)OC3(CCCCC3)OC12O. The van der Waals surface area contributed by atoms with E-state index >= 15 is 0 Å². The third-order valence-corrected chi connectivity index (χ3v) is 3.80. The van der Waals surface area contributed by atoms with Crippen molar-refractivity contribution in [1.29, 1.82) is 0 Å². The van der Waals surface area contributed by atoms with Crippen molar-refractivity contribution in [2.75, 3.05) is 0 Å². The molecule has 0 bridgehead atoms. The highest BCUT2D eigenvalue weighted by Gasteiger charge is 2.69. The van der Waals surface area contributed by atoms with E-state index < -0.39 is 23.1 Å². The normalized spacial score (nSPS) is 44.0. The molecule has 1 aliphatic heterocycles. The van der Waals surface area contributed by atoms with Gasteiger partial charge in [-0.2, -0.15) is 0 Å². The van der Waals surface area contributed by atoms with Gasteiger partial charge in [0.05, 0.1) is 0 Å². The summed E-state index contributed by atoms with van der Waals surface area (Å²) in [5, 5.41) is 20.5. The first-order chi connectivity index (χ1) is 8.00. The molecule has 3 aliphatic rings. The lowest BCUT2D eigenvalue weighted by atomic mass is 9.93. The number of aliphatic hydroxyl groups is 2. The first-order valence-corrected chi connectivity index (χ1v) is 6.06. The first-order valence-electron chi connectivity index (χ1n) is 6.06. The molecule has 1 spiro atoms. The summed E-state index contributed by atoms with van der Waals surface area (Å²) in [7, 11) is 0. The Balaban J connectivity index is 1.98. The molecule has 2 N–H and O–H groups in total. The zero-order valence-electron chi connectivity index (χ0n) is 9.52. The van der Waals surface area contributed by atoms with Gasteiger partial charge in [-0.1, -0.05) is 12.5 Å². The van der Waals surface area contributed by atoms with Crippen LogP contribution < -0.4 is 0 Å². The molecule has 2 atom stereocenters. The molecule has 1 heterocycles. The fourth-order valence-corrected chi connectivity index (χ4v) is 2.88. The molecule has 17 heavy (non-hydrogen) atoms. The summed E-state index contributed by atoms with van der Waals surface area (Å²) in [6.07, 6.45) is 6.96. The first kappa shape index (κ1) is 11.3. The lowest BCUT2D eigenvalue weighted by Crippen LogP contribution is -2.57. The average Bonchev–Trinajstić information content (AvgIpc) is 2.49. The fourth-order valence-electron chi connectivity index (χ4n) is 2.88. The van der Waals surface area contributed by atoms with Gasteiger partial charge < -0.3 is 19.7 Å². The number of ether oxygens (including phenoxy) is 2. The number of rotatable bonds is 0.